The van der Waals surface area contributed by atoms with Crippen molar-refractivity contribution >= 4 is 11.7 Å². The van der Waals surface area contributed by atoms with Gasteiger partial charge in [-0.2, -0.15) is 18.4 Å². The van der Waals surface area contributed by atoms with E-state index in [1.54, 1.807) is 6.07 Å². The molecular formula is C17H16F3N3O4. The molecule has 7 nitrogen and oxygen atoms in total. The van der Waals surface area contributed by atoms with Crippen molar-refractivity contribution in [2.75, 3.05) is 33.2 Å². The minimum absolute atomic E-state index is 0.0262. The predicted octanol–water partition coefficient (Wildman–Crippen LogP) is 2.76. The highest BCUT2D eigenvalue weighted by Gasteiger charge is 2.32. The monoisotopic (exact) mass is 383 g/mol. The van der Waals surface area contributed by atoms with Gasteiger partial charge in [0.05, 0.1) is 36.2 Å². The molecule has 27 heavy (non-hydrogen) atoms. The maximum Gasteiger partial charge on any atom is 0.416 e. The van der Waals surface area contributed by atoms with Crippen LogP contribution >= 0.6 is 0 Å². The molecule has 2 rings (SSSR count). The minimum Gasteiger partial charge on any atom is -0.491 e. The van der Waals surface area contributed by atoms with Crippen LogP contribution in [0.5, 0.6) is 5.75 Å². The fraction of sp³-hybridized carbons (Fsp3) is 0.294. The van der Waals surface area contributed by atoms with Gasteiger partial charge in [0.2, 0.25) is 0 Å². The minimum atomic E-state index is -4.66. The summed E-state index contributed by atoms with van der Waals surface area (Å²) >= 11 is 0. The number of nitrogens with two attached hydrogens (primary N) is 1. The molecule has 0 aliphatic heterocycles. The van der Waals surface area contributed by atoms with Crippen molar-refractivity contribution in [1.29, 1.82) is 5.26 Å². The van der Waals surface area contributed by atoms with Crippen LogP contribution in [0.15, 0.2) is 24.4 Å². The van der Waals surface area contributed by atoms with Crippen LogP contribution in [0.25, 0.3) is 5.69 Å². The molecule has 2 aromatic rings. The molecular weight excluding hydrogens is 367 g/mol. The molecule has 0 bridgehead atoms. The van der Waals surface area contributed by atoms with Gasteiger partial charge in [-0.1, -0.05) is 0 Å². The van der Waals surface area contributed by atoms with Crippen molar-refractivity contribution in [3.05, 3.63) is 41.2 Å². The first-order valence-corrected chi connectivity index (χ1v) is 7.56. The largest absolute Gasteiger partial charge is 0.491 e. The molecule has 1 aromatic heterocycles. The zero-order valence-electron chi connectivity index (χ0n) is 14.5. The number of hydrogen-bond acceptors (Lipinski definition) is 6. The molecule has 0 unspecified atom stereocenters. The Kier molecular flexibility index (Phi) is 5.97. The number of esters is 1. The number of alkyl halides is 3. The second-order valence-electron chi connectivity index (χ2n) is 5.33. The molecule has 1 aromatic carbocycles. The van der Waals surface area contributed by atoms with E-state index in [9.17, 15) is 18.0 Å². The quantitative estimate of drug-likeness (QED) is 0.608. The molecule has 10 heteroatoms. The van der Waals surface area contributed by atoms with Crippen LogP contribution in [0.2, 0.25) is 0 Å². The Balaban J connectivity index is 2.65. The third-order valence-electron chi connectivity index (χ3n) is 3.60. The summed E-state index contributed by atoms with van der Waals surface area (Å²) in [5, 5.41) is 9.13. The maximum atomic E-state index is 13.3. The number of nitrogens with zero attached hydrogens (tertiary/aromatic N) is 2. The first-order valence-electron chi connectivity index (χ1n) is 7.56. The number of halogens is 3. The van der Waals surface area contributed by atoms with Crippen LogP contribution in [-0.2, 0) is 15.7 Å². The SMILES string of the molecule is COCCOc1cc(-n2cc(C#N)c(N)c2C(=O)OC)cc(C(F)(F)F)c1. The molecule has 0 radical (unpaired) electrons. The molecule has 0 spiro atoms. The first kappa shape index (κ1) is 20.1. The summed E-state index contributed by atoms with van der Waals surface area (Å²) in [4.78, 5) is 12.0. The van der Waals surface area contributed by atoms with Gasteiger partial charge >= 0.3 is 12.1 Å². The zero-order valence-corrected chi connectivity index (χ0v) is 14.5. The molecule has 2 N–H and O–H groups in total. The Morgan fingerprint density at radius 1 is 1.26 bits per heavy atom. The number of benzene rings is 1. The van der Waals surface area contributed by atoms with E-state index in [4.69, 9.17) is 20.5 Å². The van der Waals surface area contributed by atoms with Gasteiger partial charge in [-0.15, -0.1) is 0 Å². The third-order valence-corrected chi connectivity index (χ3v) is 3.60. The van der Waals surface area contributed by atoms with Gasteiger partial charge in [0.15, 0.2) is 5.69 Å². The zero-order chi connectivity index (χ0) is 20.2. The lowest BCUT2D eigenvalue weighted by atomic mass is 10.1. The summed E-state index contributed by atoms with van der Waals surface area (Å²) in [5.41, 5.74) is 4.20. The summed E-state index contributed by atoms with van der Waals surface area (Å²) in [6.07, 6.45) is -3.49. The standard InChI is InChI=1S/C17H16F3N3O4/c1-25-3-4-27-13-6-11(17(18,19)20)5-12(7-13)23-9-10(8-21)14(22)15(23)16(24)26-2/h5-7,9H,3-4,22H2,1-2H3. The van der Waals surface area contributed by atoms with Crippen LogP contribution in [0.1, 0.15) is 21.6 Å². The summed E-state index contributed by atoms with van der Waals surface area (Å²) in [6, 6.07) is 4.72. The number of aromatic nitrogens is 1. The van der Waals surface area contributed by atoms with Crippen molar-refractivity contribution in [1.82, 2.24) is 4.57 Å². The predicted molar refractivity (Wildman–Crippen MR) is 88.6 cm³/mol. The van der Waals surface area contributed by atoms with E-state index in [2.05, 4.69) is 4.74 Å². The highest BCUT2D eigenvalue weighted by atomic mass is 19.4. The number of nitrogen functional groups attached to an aromatic ring is 1. The Bertz CT molecular complexity index is 885. The second kappa shape index (κ2) is 8.01. The lowest BCUT2D eigenvalue weighted by molar-refractivity contribution is -0.137. The molecule has 0 aliphatic carbocycles. The van der Waals surface area contributed by atoms with Gasteiger partial charge in [0.25, 0.3) is 0 Å². The first-order chi connectivity index (χ1) is 12.7. The third kappa shape index (κ3) is 4.32. The average molecular weight is 383 g/mol. The Morgan fingerprint density at radius 3 is 2.52 bits per heavy atom. The van der Waals surface area contributed by atoms with Crippen molar-refractivity contribution in [2.45, 2.75) is 6.18 Å². The lowest BCUT2D eigenvalue weighted by Gasteiger charge is -2.15. The summed E-state index contributed by atoms with van der Waals surface area (Å²) < 4.78 is 55.6. The van der Waals surface area contributed by atoms with E-state index in [1.807, 2.05) is 0 Å². The van der Waals surface area contributed by atoms with Gasteiger partial charge in [-0.05, 0) is 12.1 Å². The fourth-order valence-electron chi connectivity index (χ4n) is 2.33. The van der Waals surface area contributed by atoms with Crippen molar-refractivity contribution < 1.29 is 32.2 Å². The molecule has 144 valence electrons. The smallest absolute Gasteiger partial charge is 0.416 e. The molecule has 1 heterocycles. The molecule has 0 fully saturated rings. The molecule has 0 amide bonds. The lowest BCUT2D eigenvalue weighted by Crippen LogP contribution is -2.13. The van der Waals surface area contributed by atoms with Gasteiger partial charge < -0.3 is 24.5 Å². The van der Waals surface area contributed by atoms with E-state index in [1.165, 1.54) is 13.2 Å². The molecule has 0 aliphatic rings. The maximum absolute atomic E-state index is 13.3. The number of hydrogen-bond donors (Lipinski definition) is 1. The topological polar surface area (TPSA) is 99.5 Å². The Morgan fingerprint density at radius 2 is 1.96 bits per heavy atom. The number of nitriles is 1. The van der Waals surface area contributed by atoms with E-state index in [0.29, 0.717) is 0 Å². The number of ether oxygens (including phenoxy) is 3. The van der Waals surface area contributed by atoms with E-state index in [-0.39, 0.29) is 41.6 Å². The van der Waals surface area contributed by atoms with E-state index >= 15 is 0 Å². The van der Waals surface area contributed by atoms with E-state index < -0.39 is 17.7 Å². The van der Waals surface area contributed by atoms with Crippen LogP contribution in [0, 0.1) is 11.3 Å². The summed E-state index contributed by atoms with van der Waals surface area (Å²) in [7, 11) is 2.52. The van der Waals surface area contributed by atoms with Crippen LogP contribution < -0.4 is 10.5 Å². The second-order valence-corrected chi connectivity index (χ2v) is 5.33. The highest BCUT2D eigenvalue weighted by molar-refractivity contribution is 5.96. The van der Waals surface area contributed by atoms with Crippen LogP contribution in [-0.4, -0.2) is 38.0 Å². The Labute approximate surface area is 152 Å². The van der Waals surface area contributed by atoms with E-state index in [0.717, 1.165) is 30.0 Å². The van der Waals surface area contributed by atoms with Gasteiger partial charge in [-0.25, -0.2) is 4.79 Å². The van der Waals surface area contributed by atoms with Gasteiger partial charge in [-0.3, -0.25) is 0 Å². The molecule has 0 saturated carbocycles. The van der Waals surface area contributed by atoms with Crippen LogP contribution in [0.4, 0.5) is 18.9 Å². The van der Waals surface area contributed by atoms with Gasteiger partial charge in [0.1, 0.15) is 18.4 Å². The molecule has 0 atom stereocenters. The summed E-state index contributed by atoms with van der Waals surface area (Å²) in [5.74, 6) is -0.980. The average Bonchev–Trinajstić information content (AvgIpc) is 2.97. The van der Waals surface area contributed by atoms with Gasteiger partial charge in [0, 0.05) is 19.4 Å². The fourth-order valence-corrected chi connectivity index (χ4v) is 2.33. The Hall–Kier alpha value is -3.19. The normalized spacial score (nSPS) is 11.1. The number of carbonyl (C=O) groups is 1. The van der Waals surface area contributed by atoms with Crippen molar-refractivity contribution in [3.8, 4) is 17.5 Å². The van der Waals surface area contributed by atoms with Crippen LogP contribution in [0.3, 0.4) is 0 Å². The van der Waals surface area contributed by atoms with Crippen molar-refractivity contribution in [2.24, 2.45) is 0 Å². The highest BCUT2D eigenvalue weighted by Crippen LogP contribution is 2.35. The summed E-state index contributed by atoms with van der Waals surface area (Å²) in [6.45, 7) is 0.201. The number of carbonyl (C=O) groups excluding carboxylic acids is 1. The number of rotatable bonds is 6. The number of anilines is 1. The molecule has 0 saturated heterocycles. The van der Waals surface area contributed by atoms with Crippen molar-refractivity contribution in [3.63, 3.8) is 0 Å². The number of methoxy groups -OCH3 is 2.